The van der Waals surface area contributed by atoms with Gasteiger partial charge in [0.15, 0.2) is 0 Å². The Kier molecular flexibility index (Phi) is 5.19. The van der Waals surface area contributed by atoms with Gasteiger partial charge in [-0.1, -0.05) is 30.3 Å². The van der Waals surface area contributed by atoms with Gasteiger partial charge >= 0.3 is 12.1 Å². The topological polar surface area (TPSA) is 84.9 Å². The summed E-state index contributed by atoms with van der Waals surface area (Å²) in [6.07, 6.45) is -0.686. The van der Waals surface area contributed by atoms with Crippen molar-refractivity contribution >= 4 is 17.7 Å². The van der Waals surface area contributed by atoms with E-state index in [1.54, 1.807) is 6.92 Å². The van der Waals surface area contributed by atoms with E-state index in [9.17, 15) is 9.59 Å². The zero-order valence-corrected chi connectivity index (χ0v) is 12.8. The van der Waals surface area contributed by atoms with Crippen molar-refractivity contribution in [2.45, 2.75) is 13.5 Å². The van der Waals surface area contributed by atoms with Crippen molar-refractivity contribution in [2.75, 3.05) is 12.4 Å². The number of methoxy groups -OCH3 is 1. The third-order valence-electron chi connectivity index (χ3n) is 3.18. The van der Waals surface area contributed by atoms with E-state index >= 15 is 0 Å². The van der Waals surface area contributed by atoms with Crippen LogP contribution in [0.1, 0.15) is 21.5 Å². The summed E-state index contributed by atoms with van der Waals surface area (Å²) >= 11 is 0. The standard InChI is InChI=1S/C17H17NO5/c1-11-8-13(16(19)20)9-14(15(11)22-2)18-17(21)23-10-12-6-4-3-5-7-12/h3-9H,10H2,1-2H3,(H,18,21)(H,19,20). The summed E-state index contributed by atoms with van der Waals surface area (Å²) in [5.74, 6) is -0.692. The highest BCUT2D eigenvalue weighted by molar-refractivity contribution is 5.93. The van der Waals surface area contributed by atoms with Gasteiger partial charge in [0.1, 0.15) is 12.4 Å². The molecule has 0 fully saturated rings. The summed E-state index contributed by atoms with van der Waals surface area (Å²) in [5.41, 5.74) is 1.76. The first-order chi connectivity index (χ1) is 11.0. The lowest BCUT2D eigenvalue weighted by Crippen LogP contribution is -2.15. The van der Waals surface area contributed by atoms with Crippen molar-refractivity contribution in [1.29, 1.82) is 0 Å². The molecule has 0 atom stereocenters. The van der Waals surface area contributed by atoms with Crippen molar-refractivity contribution in [3.63, 3.8) is 0 Å². The van der Waals surface area contributed by atoms with E-state index in [1.807, 2.05) is 30.3 Å². The van der Waals surface area contributed by atoms with Gasteiger partial charge in [0, 0.05) is 0 Å². The van der Waals surface area contributed by atoms with Gasteiger partial charge in [-0.25, -0.2) is 9.59 Å². The molecule has 2 rings (SSSR count). The second-order valence-corrected chi connectivity index (χ2v) is 4.87. The summed E-state index contributed by atoms with van der Waals surface area (Å²) in [7, 11) is 1.45. The molecule has 0 saturated heterocycles. The molecule has 0 heterocycles. The first-order valence-corrected chi connectivity index (χ1v) is 6.91. The van der Waals surface area contributed by atoms with Crippen LogP contribution in [0, 0.1) is 6.92 Å². The number of amides is 1. The number of nitrogens with one attached hydrogen (secondary N) is 1. The van der Waals surface area contributed by atoms with Crippen molar-refractivity contribution in [3.05, 3.63) is 59.2 Å². The number of carboxylic acid groups (broad SMARTS) is 1. The van der Waals surface area contributed by atoms with Crippen molar-refractivity contribution in [2.24, 2.45) is 0 Å². The average Bonchev–Trinajstić information content (AvgIpc) is 2.53. The van der Waals surface area contributed by atoms with E-state index in [-0.39, 0.29) is 17.9 Å². The highest BCUT2D eigenvalue weighted by atomic mass is 16.5. The normalized spacial score (nSPS) is 10.0. The summed E-state index contributed by atoms with van der Waals surface area (Å²) in [5, 5.41) is 11.6. The minimum Gasteiger partial charge on any atom is -0.494 e. The predicted molar refractivity (Wildman–Crippen MR) is 84.9 cm³/mol. The van der Waals surface area contributed by atoms with Gasteiger partial charge in [0.2, 0.25) is 0 Å². The van der Waals surface area contributed by atoms with E-state index in [0.717, 1.165) is 5.56 Å². The largest absolute Gasteiger partial charge is 0.494 e. The molecule has 6 heteroatoms. The zero-order valence-electron chi connectivity index (χ0n) is 12.8. The maximum atomic E-state index is 11.9. The molecule has 0 aliphatic rings. The van der Waals surface area contributed by atoms with Crippen molar-refractivity contribution in [3.8, 4) is 5.75 Å². The molecule has 2 N–H and O–H groups in total. The third kappa shape index (κ3) is 4.23. The van der Waals surface area contributed by atoms with Crippen LogP contribution >= 0.6 is 0 Å². The Morgan fingerprint density at radius 3 is 2.48 bits per heavy atom. The van der Waals surface area contributed by atoms with Gasteiger partial charge in [-0.15, -0.1) is 0 Å². The smallest absolute Gasteiger partial charge is 0.412 e. The highest BCUT2D eigenvalue weighted by Crippen LogP contribution is 2.30. The minimum absolute atomic E-state index is 0.0571. The van der Waals surface area contributed by atoms with Crippen LogP contribution in [0.15, 0.2) is 42.5 Å². The van der Waals surface area contributed by atoms with E-state index in [1.165, 1.54) is 19.2 Å². The van der Waals surface area contributed by atoms with Gasteiger partial charge in [0.05, 0.1) is 18.4 Å². The highest BCUT2D eigenvalue weighted by Gasteiger charge is 2.15. The lowest BCUT2D eigenvalue weighted by molar-refractivity contribution is 0.0696. The number of ether oxygens (including phenoxy) is 2. The number of aryl methyl sites for hydroxylation is 1. The molecule has 0 aliphatic carbocycles. The molecule has 0 aromatic heterocycles. The number of carboxylic acids is 1. The molecular formula is C17H17NO5. The summed E-state index contributed by atoms with van der Waals surface area (Å²) in [4.78, 5) is 23.0. The fourth-order valence-electron chi connectivity index (χ4n) is 2.13. The van der Waals surface area contributed by atoms with Gasteiger partial charge in [0.25, 0.3) is 0 Å². The summed E-state index contributed by atoms with van der Waals surface area (Å²) < 4.78 is 10.3. The quantitative estimate of drug-likeness (QED) is 0.882. The van der Waals surface area contributed by atoms with Crippen LogP contribution in [-0.2, 0) is 11.3 Å². The Labute approximate surface area is 133 Å². The van der Waals surface area contributed by atoms with E-state index < -0.39 is 12.1 Å². The van der Waals surface area contributed by atoms with Gasteiger partial charge in [-0.2, -0.15) is 0 Å². The number of benzene rings is 2. The number of aromatic carboxylic acids is 1. The van der Waals surface area contributed by atoms with Gasteiger partial charge < -0.3 is 14.6 Å². The number of carbonyl (C=O) groups is 2. The fraction of sp³-hybridized carbons (Fsp3) is 0.176. The van der Waals surface area contributed by atoms with E-state index in [4.69, 9.17) is 14.6 Å². The van der Waals surface area contributed by atoms with Crippen LogP contribution in [0.2, 0.25) is 0 Å². The molecule has 120 valence electrons. The van der Waals surface area contributed by atoms with Crippen LogP contribution in [-0.4, -0.2) is 24.3 Å². The summed E-state index contributed by atoms with van der Waals surface area (Å²) in [6.45, 7) is 1.82. The minimum atomic E-state index is -1.09. The second kappa shape index (κ2) is 7.31. The number of hydrogen-bond donors (Lipinski definition) is 2. The predicted octanol–water partition coefficient (Wildman–Crippen LogP) is 3.45. The molecule has 0 spiro atoms. The fourth-order valence-corrected chi connectivity index (χ4v) is 2.13. The molecule has 0 saturated carbocycles. The van der Waals surface area contributed by atoms with Gasteiger partial charge in [-0.05, 0) is 30.2 Å². The van der Waals surface area contributed by atoms with Crippen LogP contribution in [0.3, 0.4) is 0 Å². The van der Waals surface area contributed by atoms with E-state index in [0.29, 0.717) is 11.3 Å². The Morgan fingerprint density at radius 2 is 1.87 bits per heavy atom. The number of anilines is 1. The van der Waals surface area contributed by atoms with Crippen molar-refractivity contribution < 1.29 is 24.2 Å². The molecule has 23 heavy (non-hydrogen) atoms. The Bertz CT molecular complexity index is 712. The Balaban J connectivity index is 2.11. The third-order valence-corrected chi connectivity index (χ3v) is 3.18. The number of hydrogen-bond acceptors (Lipinski definition) is 4. The van der Waals surface area contributed by atoms with Crippen LogP contribution in [0.4, 0.5) is 10.5 Å². The maximum Gasteiger partial charge on any atom is 0.412 e. The Hall–Kier alpha value is -3.02. The number of rotatable bonds is 5. The first-order valence-electron chi connectivity index (χ1n) is 6.91. The molecule has 2 aromatic carbocycles. The van der Waals surface area contributed by atoms with Crippen molar-refractivity contribution in [1.82, 2.24) is 0 Å². The summed E-state index contributed by atoms with van der Waals surface area (Å²) in [6, 6.07) is 12.0. The average molecular weight is 315 g/mol. The van der Waals surface area contributed by atoms with Crippen LogP contribution in [0.25, 0.3) is 0 Å². The molecule has 0 unspecified atom stereocenters. The Morgan fingerprint density at radius 1 is 1.17 bits per heavy atom. The van der Waals surface area contributed by atoms with Crippen LogP contribution in [0.5, 0.6) is 5.75 Å². The molecule has 2 aromatic rings. The molecule has 0 aliphatic heterocycles. The second-order valence-electron chi connectivity index (χ2n) is 4.87. The van der Waals surface area contributed by atoms with Gasteiger partial charge in [-0.3, -0.25) is 5.32 Å². The lowest BCUT2D eigenvalue weighted by Gasteiger charge is -2.14. The van der Waals surface area contributed by atoms with E-state index in [2.05, 4.69) is 5.32 Å². The molecular weight excluding hydrogens is 298 g/mol. The molecule has 0 radical (unpaired) electrons. The number of carbonyl (C=O) groups excluding carboxylic acids is 1. The zero-order chi connectivity index (χ0) is 16.8. The monoisotopic (exact) mass is 315 g/mol. The molecule has 0 bridgehead atoms. The van der Waals surface area contributed by atoms with Crippen LogP contribution < -0.4 is 10.1 Å². The maximum absolute atomic E-state index is 11.9. The lowest BCUT2D eigenvalue weighted by atomic mass is 10.1. The first kappa shape index (κ1) is 16.4. The molecule has 1 amide bonds. The SMILES string of the molecule is COc1c(C)cc(C(=O)O)cc1NC(=O)OCc1ccccc1. The molecule has 6 nitrogen and oxygen atoms in total.